The molecule has 0 bridgehead atoms. The molecule has 7 rings (SSSR count). The van der Waals surface area contributed by atoms with Crippen LogP contribution in [0.5, 0.6) is 0 Å². The third kappa shape index (κ3) is 3.59. The molecule has 202 valence electrons. The fourth-order valence-corrected chi connectivity index (χ4v) is 6.33. The summed E-state index contributed by atoms with van der Waals surface area (Å²) >= 11 is 6.52. The number of benzene rings is 4. The van der Waals surface area contributed by atoms with Crippen molar-refractivity contribution in [3.8, 4) is 0 Å². The van der Waals surface area contributed by atoms with E-state index in [9.17, 15) is 18.8 Å². The first kappa shape index (κ1) is 25.2. The number of para-hydroxylation sites is 1. The molecule has 0 radical (unpaired) electrons. The van der Waals surface area contributed by atoms with Crippen LogP contribution in [-0.2, 0) is 23.4 Å². The maximum atomic E-state index is 14.9. The van der Waals surface area contributed by atoms with E-state index in [1.807, 2.05) is 37.3 Å². The summed E-state index contributed by atoms with van der Waals surface area (Å²) in [5.41, 5.74) is 1.05. The number of aryl methyl sites for hydroxylation is 1. The lowest BCUT2D eigenvalue weighted by molar-refractivity contribution is -0.126. The standard InChI is InChI=1S/C33H22ClFN2O4/c1-19-7-6-8-20(15-19)17-36-26-12-5-3-10-24(26)33(32(36)40)28-29(38)23-16-22(35)13-14-27(23)41-30(28)31(39)37(33)18-21-9-2-4-11-25(21)34/h2-16H,17-18H2,1H3. The molecule has 0 saturated heterocycles. The number of rotatable bonds is 4. The molecule has 0 aliphatic carbocycles. The van der Waals surface area contributed by atoms with Crippen LogP contribution in [0, 0.1) is 12.7 Å². The van der Waals surface area contributed by atoms with Gasteiger partial charge in [0, 0.05) is 17.1 Å². The monoisotopic (exact) mass is 564 g/mol. The molecule has 5 aromatic rings. The van der Waals surface area contributed by atoms with Crippen LogP contribution in [0.4, 0.5) is 10.1 Å². The molecule has 0 saturated carbocycles. The topological polar surface area (TPSA) is 70.8 Å². The van der Waals surface area contributed by atoms with E-state index in [0.717, 1.165) is 23.3 Å². The van der Waals surface area contributed by atoms with Gasteiger partial charge in [0.25, 0.3) is 11.8 Å². The Morgan fingerprint density at radius 3 is 2.46 bits per heavy atom. The van der Waals surface area contributed by atoms with E-state index in [4.69, 9.17) is 16.0 Å². The quantitative estimate of drug-likeness (QED) is 0.255. The molecule has 0 fully saturated rings. The largest absolute Gasteiger partial charge is 0.450 e. The number of anilines is 1. The van der Waals surface area contributed by atoms with Gasteiger partial charge in [-0.1, -0.05) is 77.8 Å². The summed E-state index contributed by atoms with van der Waals surface area (Å²) in [6, 6.07) is 25.5. The fourth-order valence-electron chi connectivity index (χ4n) is 6.13. The lowest BCUT2D eigenvalue weighted by atomic mass is 9.83. The van der Waals surface area contributed by atoms with Crippen molar-refractivity contribution in [2.24, 2.45) is 0 Å². The van der Waals surface area contributed by atoms with E-state index in [0.29, 0.717) is 21.8 Å². The SMILES string of the molecule is Cc1cccc(CN2C(=O)C3(c4ccccc42)c2c(oc4ccc(F)cc4c2=O)C(=O)N3Cc2ccccc2Cl)c1. The number of halogens is 2. The van der Waals surface area contributed by atoms with Gasteiger partial charge >= 0.3 is 0 Å². The molecule has 0 N–H and O–H groups in total. The first-order chi connectivity index (χ1) is 19.8. The molecule has 8 heteroatoms. The normalized spacial score (nSPS) is 17.5. The molecule has 3 heterocycles. The molecule has 2 aliphatic rings. The van der Waals surface area contributed by atoms with Gasteiger partial charge in [-0.2, -0.15) is 0 Å². The molecule has 2 aliphatic heterocycles. The van der Waals surface area contributed by atoms with Crippen molar-refractivity contribution in [3.63, 3.8) is 0 Å². The zero-order valence-electron chi connectivity index (χ0n) is 21.9. The summed E-state index contributed by atoms with van der Waals surface area (Å²) in [6.45, 7) is 2.12. The zero-order valence-corrected chi connectivity index (χ0v) is 22.6. The van der Waals surface area contributed by atoms with E-state index in [2.05, 4.69) is 0 Å². The Morgan fingerprint density at radius 2 is 1.66 bits per heavy atom. The van der Waals surface area contributed by atoms with Crippen LogP contribution in [0.3, 0.4) is 0 Å². The maximum absolute atomic E-state index is 14.9. The lowest BCUT2D eigenvalue weighted by Crippen LogP contribution is -2.53. The number of nitrogens with zero attached hydrogens (tertiary/aromatic N) is 2. The minimum atomic E-state index is -1.84. The summed E-state index contributed by atoms with van der Waals surface area (Å²) in [5.74, 6) is -1.96. The van der Waals surface area contributed by atoms with Crippen molar-refractivity contribution >= 4 is 40.1 Å². The highest BCUT2D eigenvalue weighted by Crippen LogP contribution is 2.53. The van der Waals surface area contributed by atoms with Crippen molar-refractivity contribution in [1.82, 2.24) is 4.90 Å². The van der Waals surface area contributed by atoms with Crippen LogP contribution in [-0.4, -0.2) is 16.7 Å². The van der Waals surface area contributed by atoms with Gasteiger partial charge in [0.2, 0.25) is 5.76 Å². The van der Waals surface area contributed by atoms with Gasteiger partial charge in [-0.25, -0.2) is 4.39 Å². The third-order valence-electron chi connectivity index (χ3n) is 7.91. The summed E-state index contributed by atoms with van der Waals surface area (Å²) in [5, 5.41) is 0.367. The minimum absolute atomic E-state index is 0.0436. The van der Waals surface area contributed by atoms with Crippen molar-refractivity contribution in [2.75, 3.05) is 4.90 Å². The Hall–Kier alpha value is -4.75. The Bertz CT molecular complexity index is 1990. The molecule has 2 amide bonds. The molecule has 1 atom stereocenters. The molecular weight excluding hydrogens is 543 g/mol. The van der Waals surface area contributed by atoms with Crippen molar-refractivity contribution in [1.29, 1.82) is 0 Å². The highest BCUT2D eigenvalue weighted by atomic mass is 35.5. The van der Waals surface area contributed by atoms with E-state index in [1.165, 1.54) is 11.0 Å². The third-order valence-corrected chi connectivity index (χ3v) is 8.28. The van der Waals surface area contributed by atoms with E-state index >= 15 is 0 Å². The predicted octanol–water partition coefficient (Wildman–Crippen LogP) is 6.34. The van der Waals surface area contributed by atoms with Crippen LogP contribution in [0.2, 0.25) is 5.02 Å². The van der Waals surface area contributed by atoms with Crippen LogP contribution < -0.4 is 10.3 Å². The molecule has 41 heavy (non-hydrogen) atoms. The number of fused-ring (bicyclic) bond motifs is 5. The number of carbonyl (C=O) groups excluding carboxylic acids is 2. The van der Waals surface area contributed by atoms with Gasteiger partial charge in [-0.05, 0) is 48.4 Å². The second-order valence-corrected chi connectivity index (χ2v) is 10.8. The Morgan fingerprint density at radius 1 is 0.878 bits per heavy atom. The lowest BCUT2D eigenvalue weighted by Gasteiger charge is -2.34. The molecule has 1 aromatic heterocycles. The molecule has 4 aromatic carbocycles. The average molecular weight is 565 g/mol. The zero-order chi connectivity index (χ0) is 28.5. The van der Waals surface area contributed by atoms with Crippen molar-refractivity contribution < 1.29 is 18.4 Å². The molecule has 1 unspecified atom stereocenters. The van der Waals surface area contributed by atoms with Crippen molar-refractivity contribution in [2.45, 2.75) is 25.6 Å². The van der Waals surface area contributed by atoms with Crippen LogP contribution in [0.15, 0.2) is 100 Å². The Balaban J connectivity index is 1.53. The van der Waals surface area contributed by atoms with Gasteiger partial charge in [0.1, 0.15) is 11.4 Å². The minimum Gasteiger partial charge on any atom is -0.450 e. The van der Waals surface area contributed by atoms with Gasteiger partial charge in [0.05, 0.1) is 23.2 Å². The number of hydrogen-bond donors (Lipinski definition) is 0. The highest BCUT2D eigenvalue weighted by Gasteiger charge is 2.65. The first-order valence-electron chi connectivity index (χ1n) is 13.1. The fraction of sp³-hybridized carbons (Fsp3) is 0.121. The van der Waals surface area contributed by atoms with E-state index in [-0.39, 0.29) is 35.4 Å². The molecular formula is C33H22ClFN2O4. The second-order valence-electron chi connectivity index (χ2n) is 10.4. The highest BCUT2D eigenvalue weighted by molar-refractivity contribution is 6.31. The van der Waals surface area contributed by atoms with Crippen molar-refractivity contribution in [3.05, 3.63) is 146 Å². The van der Waals surface area contributed by atoms with Gasteiger partial charge in [-0.15, -0.1) is 0 Å². The smallest absolute Gasteiger partial charge is 0.291 e. The predicted molar refractivity (Wildman–Crippen MR) is 153 cm³/mol. The summed E-state index contributed by atoms with van der Waals surface area (Å²) in [7, 11) is 0. The van der Waals surface area contributed by atoms with Crippen LogP contribution in [0.1, 0.15) is 38.4 Å². The summed E-state index contributed by atoms with van der Waals surface area (Å²) in [4.78, 5) is 46.3. The Labute approximate surface area is 239 Å². The second kappa shape index (κ2) is 9.14. The van der Waals surface area contributed by atoms with Crippen LogP contribution >= 0.6 is 11.6 Å². The van der Waals surface area contributed by atoms with Crippen LogP contribution in [0.25, 0.3) is 11.0 Å². The van der Waals surface area contributed by atoms with E-state index in [1.54, 1.807) is 47.4 Å². The molecule has 1 spiro atoms. The average Bonchev–Trinajstić information content (AvgIpc) is 3.35. The first-order valence-corrected chi connectivity index (χ1v) is 13.5. The summed E-state index contributed by atoms with van der Waals surface area (Å²) < 4.78 is 20.3. The van der Waals surface area contributed by atoms with E-state index < -0.39 is 28.6 Å². The number of carbonyl (C=O) groups is 2. The number of hydrogen-bond acceptors (Lipinski definition) is 4. The molecule has 6 nitrogen and oxygen atoms in total. The summed E-state index contributed by atoms with van der Waals surface area (Å²) in [6.07, 6.45) is 0. The maximum Gasteiger partial charge on any atom is 0.291 e. The van der Waals surface area contributed by atoms with Gasteiger partial charge < -0.3 is 14.2 Å². The van der Waals surface area contributed by atoms with Gasteiger partial charge in [-0.3, -0.25) is 14.4 Å². The number of amides is 2. The Kier molecular flexibility index (Phi) is 5.63. The van der Waals surface area contributed by atoms with Gasteiger partial charge in [0.15, 0.2) is 11.0 Å².